The molecule has 5 nitrogen and oxygen atoms in total. The number of carbonyl (C=O) groups is 1. The highest BCUT2D eigenvalue weighted by Gasteiger charge is 2.33. The Kier molecular flexibility index (Phi) is 4.36. The second-order valence-corrected chi connectivity index (χ2v) is 6.23. The lowest BCUT2D eigenvalue weighted by molar-refractivity contribution is 0.0858. The molecule has 0 amide bonds. The quantitative estimate of drug-likeness (QED) is 0.839. The van der Waals surface area contributed by atoms with Crippen LogP contribution in [0.3, 0.4) is 0 Å². The molecule has 0 saturated carbocycles. The van der Waals surface area contributed by atoms with Crippen LogP contribution in [0.4, 0.5) is 0 Å². The zero-order valence-electron chi connectivity index (χ0n) is 13.6. The average molecular weight is 304 g/mol. The van der Waals surface area contributed by atoms with E-state index in [9.17, 15) is 4.79 Å². The lowest BCUT2D eigenvalue weighted by Gasteiger charge is -2.33. The number of nitrogens with zero attached hydrogens (tertiary/aromatic N) is 2. The molecular weight excluding hydrogens is 280 g/mol. The van der Waals surface area contributed by atoms with Crippen LogP contribution in [0, 0.1) is 5.92 Å². The smallest absolute Gasteiger partial charge is 0.167 e. The summed E-state index contributed by atoms with van der Waals surface area (Å²) in [5, 5.41) is 0. The van der Waals surface area contributed by atoms with E-state index in [2.05, 4.69) is 16.8 Å². The Morgan fingerprint density at radius 2 is 1.73 bits per heavy atom. The van der Waals surface area contributed by atoms with E-state index in [4.69, 9.17) is 9.47 Å². The van der Waals surface area contributed by atoms with Crippen molar-refractivity contribution in [2.45, 2.75) is 6.42 Å². The third-order valence-corrected chi connectivity index (χ3v) is 4.79. The Balaban J connectivity index is 1.73. The predicted octanol–water partition coefficient (Wildman–Crippen LogP) is 1.31. The Hall–Kier alpha value is -1.59. The molecule has 1 saturated heterocycles. The van der Waals surface area contributed by atoms with Crippen LogP contribution in [-0.4, -0.2) is 69.6 Å². The van der Waals surface area contributed by atoms with Crippen molar-refractivity contribution in [2.75, 3.05) is 54.0 Å². The van der Waals surface area contributed by atoms with Crippen molar-refractivity contribution >= 4 is 5.78 Å². The third kappa shape index (κ3) is 2.83. The molecule has 0 spiro atoms. The first-order valence-corrected chi connectivity index (χ1v) is 7.82. The van der Waals surface area contributed by atoms with Gasteiger partial charge in [-0.05, 0) is 31.2 Å². The van der Waals surface area contributed by atoms with Crippen LogP contribution in [0.25, 0.3) is 0 Å². The second kappa shape index (κ2) is 6.26. The second-order valence-electron chi connectivity index (χ2n) is 6.23. The molecule has 1 heterocycles. The minimum atomic E-state index is 0.0650. The molecule has 22 heavy (non-hydrogen) atoms. The zero-order chi connectivity index (χ0) is 15.7. The number of benzene rings is 1. The van der Waals surface area contributed by atoms with E-state index >= 15 is 0 Å². The summed E-state index contributed by atoms with van der Waals surface area (Å²) in [4.78, 5) is 17.4. The van der Waals surface area contributed by atoms with Gasteiger partial charge in [0.05, 0.1) is 14.2 Å². The van der Waals surface area contributed by atoms with Crippen molar-refractivity contribution in [3.05, 3.63) is 23.3 Å². The Morgan fingerprint density at radius 3 is 2.36 bits per heavy atom. The molecule has 5 heteroatoms. The zero-order valence-corrected chi connectivity index (χ0v) is 13.6. The highest BCUT2D eigenvalue weighted by molar-refractivity contribution is 6.03. The van der Waals surface area contributed by atoms with Gasteiger partial charge in [0.25, 0.3) is 0 Å². The minimum absolute atomic E-state index is 0.0650. The number of ketones is 1. The number of ether oxygens (including phenoxy) is 2. The number of likely N-dealkylation sites (N-methyl/N-ethyl adjacent to an activating group) is 1. The Bertz CT molecular complexity index is 565. The van der Waals surface area contributed by atoms with Crippen LogP contribution >= 0.6 is 0 Å². The molecule has 0 radical (unpaired) electrons. The van der Waals surface area contributed by atoms with Gasteiger partial charge >= 0.3 is 0 Å². The van der Waals surface area contributed by atoms with E-state index in [-0.39, 0.29) is 11.7 Å². The molecule has 1 aliphatic carbocycles. The van der Waals surface area contributed by atoms with Gasteiger partial charge < -0.3 is 19.3 Å². The van der Waals surface area contributed by atoms with Crippen molar-refractivity contribution in [2.24, 2.45) is 5.92 Å². The van der Waals surface area contributed by atoms with Gasteiger partial charge in [0.2, 0.25) is 0 Å². The van der Waals surface area contributed by atoms with E-state index < -0.39 is 0 Å². The molecule has 120 valence electrons. The standard InChI is InChI=1S/C17H24N2O3/c1-18-4-6-19(7-5-18)11-13-8-12-9-15(21-2)16(22-3)10-14(12)17(13)20/h9-10,13H,4-8,11H2,1-3H3. The van der Waals surface area contributed by atoms with E-state index in [1.165, 1.54) is 0 Å². The maximum absolute atomic E-state index is 12.7. The van der Waals surface area contributed by atoms with Crippen LogP contribution in [0.5, 0.6) is 11.5 Å². The third-order valence-electron chi connectivity index (χ3n) is 4.79. The molecule has 1 aromatic carbocycles. The monoisotopic (exact) mass is 304 g/mol. The highest BCUT2D eigenvalue weighted by atomic mass is 16.5. The molecule has 1 aliphatic heterocycles. The maximum atomic E-state index is 12.7. The summed E-state index contributed by atoms with van der Waals surface area (Å²) in [5.41, 5.74) is 1.89. The van der Waals surface area contributed by atoms with Gasteiger partial charge in [0, 0.05) is 44.2 Å². The topological polar surface area (TPSA) is 42.0 Å². The fraction of sp³-hybridized carbons (Fsp3) is 0.588. The number of Topliss-reactive ketones (excluding diaryl/α,β-unsaturated/α-hetero) is 1. The normalized spacial score (nSPS) is 22.7. The average Bonchev–Trinajstić information content (AvgIpc) is 2.83. The fourth-order valence-corrected chi connectivity index (χ4v) is 3.39. The predicted molar refractivity (Wildman–Crippen MR) is 85.0 cm³/mol. The van der Waals surface area contributed by atoms with Gasteiger partial charge in [-0.1, -0.05) is 0 Å². The van der Waals surface area contributed by atoms with E-state index in [1.54, 1.807) is 14.2 Å². The van der Waals surface area contributed by atoms with Gasteiger partial charge in [-0.15, -0.1) is 0 Å². The van der Waals surface area contributed by atoms with Gasteiger partial charge in [0.1, 0.15) is 0 Å². The van der Waals surface area contributed by atoms with Gasteiger partial charge in [-0.3, -0.25) is 4.79 Å². The van der Waals surface area contributed by atoms with Crippen molar-refractivity contribution < 1.29 is 14.3 Å². The van der Waals surface area contributed by atoms with Crippen molar-refractivity contribution in [1.82, 2.24) is 9.80 Å². The molecule has 1 unspecified atom stereocenters. The largest absolute Gasteiger partial charge is 0.493 e. The molecular formula is C17H24N2O3. The molecule has 1 fully saturated rings. The number of piperazine rings is 1. The summed E-state index contributed by atoms with van der Waals surface area (Å²) in [6.07, 6.45) is 0.806. The minimum Gasteiger partial charge on any atom is -0.493 e. The molecule has 2 aliphatic rings. The molecule has 1 atom stereocenters. The van der Waals surface area contributed by atoms with Crippen LogP contribution < -0.4 is 9.47 Å². The fourth-order valence-electron chi connectivity index (χ4n) is 3.39. The molecule has 1 aromatic rings. The number of rotatable bonds is 4. The number of fused-ring (bicyclic) bond motifs is 1. The summed E-state index contributed by atoms with van der Waals surface area (Å²) in [7, 11) is 5.38. The first-order chi connectivity index (χ1) is 10.6. The highest BCUT2D eigenvalue weighted by Crippen LogP contribution is 2.36. The number of carbonyl (C=O) groups excluding carboxylic acids is 1. The van der Waals surface area contributed by atoms with Gasteiger partial charge in [0.15, 0.2) is 17.3 Å². The number of hydrogen-bond donors (Lipinski definition) is 0. The Morgan fingerprint density at radius 1 is 1.09 bits per heavy atom. The van der Waals surface area contributed by atoms with Crippen molar-refractivity contribution in [1.29, 1.82) is 0 Å². The molecule has 0 aromatic heterocycles. The first kappa shape index (κ1) is 15.3. The van der Waals surface area contributed by atoms with Crippen LogP contribution in [0.15, 0.2) is 12.1 Å². The maximum Gasteiger partial charge on any atom is 0.167 e. The van der Waals surface area contributed by atoms with Crippen LogP contribution in [0.2, 0.25) is 0 Å². The molecule has 3 rings (SSSR count). The molecule has 0 bridgehead atoms. The SMILES string of the molecule is COc1cc2c(cc1OC)C(=O)C(CN1CCN(C)CC1)C2. The lowest BCUT2D eigenvalue weighted by Crippen LogP contribution is -2.46. The summed E-state index contributed by atoms with van der Waals surface area (Å²) < 4.78 is 10.7. The van der Waals surface area contributed by atoms with E-state index in [1.807, 2.05) is 12.1 Å². The first-order valence-electron chi connectivity index (χ1n) is 7.82. The van der Waals surface area contributed by atoms with Gasteiger partial charge in [-0.25, -0.2) is 0 Å². The number of hydrogen-bond acceptors (Lipinski definition) is 5. The van der Waals surface area contributed by atoms with Crippen molar-refractivity contribution in [3.63, 3.8) is 0 Å². The Labute approximate surface area is 131 Å². The van der Waals surface area contributed by atoms with Crippen molar-refractivity contribution in [3.8, 4) is 11.5 Å². The summed E-state index contributed by atoms with van der Waals surface area (Å²) in [5.74, 6) is 1.65. The summed E-state index contributed by atoms with van der Waals surface area (Å²) in [6.45, 7) is 5.10. The van der Waals surface area contributed by atoms with E-state index in [0.29, 0.717) is 11.5 Å². The lowest BCUT2D eigenvalue weighted by atomic mass is 10.0. The van der Waals surface area contributed by atoms with E-state index in [0.717, 1.165) is 50.3 Å². The van der Waals surface area contributed by atoms with Crippen LogP contribution in [-0.2, 0) is 6.42 Å². The number of methoxy groups -OCH3 is 2. The van der Waals surface area contributed by atoms with Crippen LogP contribution in [0.1, 0.15) is 15.9 Å². The molecule has 0 N–H and O–H groups in total. The summed E-state index contributed by atoms with van der Waals surface area (Å²) in [6, 6.07) is 3.79. The van der Waals surface area contributed by atoms with Gasteiger partial charge in [-0.2, -0.15) is 0 Å². The summed E-state index contributed by atoms with van der Waals surface area (Å²) >= 11 is 0.